The van der Waals surface area contributed by atoms with Crippen molar-refractivity contribution in [2.75, 3.05) is 30.3 Å². The van der Waals surface area contributed by atoms with Crippen molar-refractivity contribution < 1.29 is 21.2 Å². The minimum Gasteiger partial charge on any atom is -0.396 e. The minimum absolute atomic E-state index is 0.0360. The number of nitrogens with two attached hydrogens (primary N) is 1. The maximum atomic E-state index is 13.3. The lowest BCUT2D eigenvalue weighted by Crippen LogP contribution is -2.34. The van der Waals surface area contributed by atoms with E-state index in [1.807, 2.05) is 0 Å². The fraction of sp³-hybridized carbons (Fsp3) is 0.455. The van der Waals surface area contributed by atoms with Crippen molar-refractivity contribution in [2.24, 2.45) is 0 Å². The van der Waals surface area contributed by atoms with Crippen molar-refractivity contribution in [1.82, 2.24) is 4.31 Å². The summed E-state index contributed by atoms with van der Waals surface area (Å²) in [7, 11) is -7.15. The molecule has 0 unspecified atom stereocenters. The Morgan fingerprint density at radius 1 is 1.24 bits per heavy atom. The summed E-state index contributed by atoms with van der Waals surface area (Å²) in [5.41, 5.74) is 5.14. The Morgan fingerprint density at radius 3 is 2.57 bits per heavy atom. The third-order valence-electron chi connectivity index (χ3n) is 3.18. The van der Waals surface area contributed by atoms with Gasteiger partial charge in [0.15, 0.2) is 9.84 Å². The number of hydrogen-bond acceptors (Lipinski definition) is 5. The zero-order valence-corrected chi connectivity index (χ0v) is 14.1. The fourth-order valence-corrected chi connectivity index (χ4v) is 5.91. The van der Waals surface area contributed by atoms with Gasteiger partial charge in [-0.15, -0.1) is 0 Å². The van der Waals surface area contributed by atoms with Gasteiger partial charge >= 0.3 is 0 Å². The van der Waals surface area contributed by atoms with E-state index in [9.17, 15) is 21.2 Å². The normalized spacial score (nSPS) is 20.1. The highest BCUT2D eigenvalue weighted by atomic mass is 79.9. The Balaban J connectivity index is 2.41. The Labute approximate surface area is 131 Å². The summed E-state index contributed by atoms with van der Waals surface area (Å²) in [4.78, 5) is -0.166. The van der Waals surface area contributed by atoms with E-state index in [2.05, 4.69) is 15.9 Å². The molecule has 1 fully saturated rings. The predicted octanol–water partition coefficient (Wildman–Crippen LogP) is 0.980. The van der Waals surface area contributed by atoms with Crippen molar-refractivity contribution in [3.8, 4) is 0 Å². The third-order valence-corrected chi connectivity index (χ3v) is 7.76. The Bertz CT molecular complexity index is 765. The molecule has 0 aliphatic carbocycles. The first-order valence-electron chi connectivity index (χ1n) is 6.08. The molecule has 1 aliphatic rings. The van der Waals surface area contributed by atoms with E-state index >= 15 is 0 Å². The van der Waals surface area contributed by atoms with Crippen molar-refractivity contribution >= 4 is 41.5 Å². The van der Waals surface area contributed by atoms with E-state index in [0.29, 0.717) is 0 Å². The van der Waals surface area contributed by atoms with Gasteiger partial charge in [-0.25, -0.2) is 21.2 Å². The molecule has 1 aliphatic heterocycles. The van der Waals surface area contributed by atoms with Crippen molar-refractivity contribution in [2.45, 2.75) is 11.3 Å². The highest BCUT2D eigenvalue weighted by molar-refractivity contribution is 9.10. The van der Waals surface area contributed by atoms with E-state index in [1.54, 1.807) is 0 Å². The minimum atomic E-state index is -3.93. The van der Waals surface area contributed by atoms with Crippen LogP contribution in [0.3, 0.4) is 0 Å². The molecule has 1 saturated heterocycles. The zero-order valence-electron chi connectivity index (χ0n) is 10.9. The molecule has 1 aromatic carbocycles. The first kappa shape index (κ1) is 16.7. The second kappa shape index (κ2) is 5.82. The maximum absolute atomic E-state index is 13.3. The number of sulfone groups is 1. The van der Waals surface area contributed by atoms with E-state index in [1.165, 1.54) is 0 Å². The van der Waals surface area contributed by atoms with Crippen LogP contribution in [-0.2, 0) is 19.9 Å². The highest BCUT2D eigenvalue weighted by Crippen LogP contribution is 2.29. The Kier molecular flexibility index (Phi) is 4.62. The summed E-state index contributed by atoms with van der Waals surface area (Å²) < 4.78 is 62.7. The van der Waals surface area contributed by atoms with Crippen LogP contribution in [0.1, 0.15) is 6.42 Å². The molecule has 1 aromatic rings. The third kappa shape index (κ3) is 3.55. The van der Waals surface area contributed by atoms with Crippen LogP contribution in [0.4, 0.5) is 10.1 Å². The number of anilines is 1. The van der Waals surface area contributed by atoms with Gasteiger partial charge < -0.3 is 5.73 Å². The fourth-order valence-electron chi connectivity index (χ4n) is 2.04. The molecule has 2 rings (SSSR count). The molecular formula is C11H14BrFN2O4S2. The van der Waals surface area contributed by atoms with Gasteiger partial charge in [0.1, 0.15) is 5.82 Å². The van der Waals surface area contributed by atoms with Crippen LogP contribution in [0.25, 0.3) is 0 Å². The van der Waals surface area contributed by atoms with Crippen LogP contribution in [0.15, 0.2) is 21.5 Å². The number of rotatable bonds is 2. The molecule has 21 heavy (non-hydrogen) atoms. The SMILES string of the molecule is Nc1cc(S(=O)(=O)N2CCCS(=O)(=O)CC2)c(Br)cc1F. The average molecular weight is 401 g/mol. The summed E-state index contributed by atoms with van der Waals surface area (Å²) in [5.74, 6) is -0.981. The lowest BCUT2D eigenvalue weighted by molar-refractivity contribution is 0.434. The van der Waals surface area contributed by atoms with Crippen molar-refractivity contribution in [1.29, 1.82) is 0 Å². The highest BCUT2D eigenvalue weighted by Gasteiger charge is 2.30. The number of halogens is 2. The summed E-state index contributed by atoms with van der Waals surface area (Å²) in [6.07, 6.45) is 0.232. The van der Waals surface area contributed by atoms with Gasteiger partial charge in [0.05, 0.1) is 22.1 Å². The molecule has 0 amide bonds. The summed E-state index contributed by atoms with van der Waals surface area (Å²) in [5, 5.41) is 0. The number of nitrogen functional groups attached to an aromatic ring is 1. The molecule has 0 aromatic heterocycles. The first-order valence-corrected chi connectivity index (χ1v) is 10.1. The van der Waals surface area contributed by atoms with Crippen LogP contribution >= 0.6 is 15.9 Å². The molecule has 1 heterocycles. The first-order chi connectivity index (χ1) is 9.63. The van der Waals surface area contributed by atoms with E-state index in [0.717, 1.165) is 16.4 Å². The zero-order chi connectivity index (χ0) is 15.8. The van der Waals surface area contributed by atoms with Crippen LogP contribution in [0.2, 0.25) is 0 Å². The molecule has 6 nitrogen and oxygen atoms in total. The van der Waals surface area contributed by atoms with E-state index in [4.69, 9.17) is 5.73 Å². The molecular weight excluding hydrogens is 387 g/mol. The van der Waals surface area contributed by atoms with Crippen LogP contribution in [-0.4, -0.2) is 45.7 Å². The van der Waals surface area contributed by atoms with Gasteiger partial charge in [0.25, 0.3) is 0 Å². The number of sulfonamides is 1. The quantitative estimate of drug-likeness (QED) is 0.746. The molecule has 0 spiro atoms. The number of hydrogen-bond donors (Lipinski definition) is 1. The van der Waals surface area contributed by atoms with Gasteiger partial charge in [0.2, 0.25) is 10.0 Å². The topological polar surface area (TPSA) is 97.5 Å². The molecule has 0 saturated carbocycles. The monoisotopic (exact) mass is 400 g/mol. The van der Waals surface area contributed by atoms with Crippen LogP contribution < -0.4 is 5.73 Å². The lowest BCUT2D eigenvalue weighted by atomic mass is 10.3. The van der Waals surface area contributed by atoms with Gasteiger partial charge in [-0.3, -0.25) is 0 Å². The Morgan fingerprint density at radius 2 is 1.90 bits per heavy atom. The predicted molar refractivity (Wildman–Crippen MR) is 80.5 cm³/mol. The smallest absolute Gasteiger partial charge is 0.244 e. The standard InChI is InChI=1S/C11H14BrFN2O4S2/c12-8-6-9(13)10(14)7-11(8)21(18,19)15-2-1-4-20(16,17)5-3-15/h6-7H,1-5,14H2. The van der Waals surface area contributed by atoms with E-state index in [-0.39, 0.29) is 46.1 Å². The second-order valence-corrected chi connectivity index (χ2v) is 9.78. The number of benzene rings is 1. The molecule has 0 radical (unpaired) electrons. The maximum Gasteiger partial charge on any atom is 0.244 e. The van der Waals surface area contributed by atoms with Crippen molar-refractivity contribution in [3.05, 3.63) is 22.4 Å². The van der Waals surface area contributed by atoms with Gasteiger partial charge in [0, 0.05) is 17.6 Å². The van der Waals surface area contributed by atoms with Crippen LogP contribution in [0.5, 0.6) is 0 Å². The second-order valence-electron chi connectivity index (χ2n) is 4.71. The molecule has 0 bridgehead atoms. The summed E-state index contributed by atoms with van der Waals surface area (Å²) in [6.45, 7) is -0.0142. The van der Waals surface area contributed by atoms with E-state index < -0.39 is 25.7 Å². The molecule has 2 N–H and O–H groups in total. The van der Waals surface area contributed by atoms with Gasteiger partial charge in [-0.05, 0) is 34.5 Å². The molecule has 0 atom stereocenters. The average Bonchev–Trinajstić information content (AvgIpc) is 2.55. The lowest BCUT2D eigenvalue weighted by Gasteiger charge is -2.20. The van der Waals surface area contributed by atoms with Gasteiger partial charge in [-0.1, -0.05) is 0 Å². The van der Waals surface area contributed by atoms with Gasteiger partial charge in [-0.2, -0.15) is 4.31 Å². The summed E-state index contributed by atoms with van der Waals surface area (Å²) >= 11 is 3.01. The number of nitrogens with zero attached hydrogens (tertiary/aromatic N) is 1. The van der Waals surface area contributed by atoms with Crippen LogP contribution in [0, 0.1) is 5.82 Å². The summed E-state index contributed by atoms with van der Waals surface area (Å²) in [6, 6.07) is 2.02. The Hall–Kier alpha value is -0.710. The largest absolute Gasteiger partial charge is 0.396 e. The van der Waals surface area contributed by atoms with Crippen molar-refractivity contribution in [3.63, 3.8) is 0 Å². The molecule has 118 valence electrons. The molecule has 10 heteroatoms.